The number of ketones is 1. The van der Waals surface area contributed by atoms with E-state index in [-0.39, 0.29) is 11.7 Å². The maximum Gasteiger partial charge on any atom is 0.251 e. The van der Waals surface area contributed by atoms with E-state index in [0.29, 0.717) is 30.8 Å². The predicted octanol–water partition coefficient (Wildman–Crippen LogP) is 3.46. The Morgan fingerprint density at radius 3 is 2.56 bits per heavy atom. The number of benzene rings is 2. The third-order valence-electron chi connectivity index (χ3n) is 5.26. The molecule has 0 aliphatic heterocycles. The molecule has 0 saturated carbocycles. The van der Waals surface area contributed by atoms with Gasteiger partial charge in [-0.05, 0) is 32.2 Å². The number of imidazole rings is 1. The van der Waals surface area contributed by atoms with Crippen LogP contribution in [0.5, 0.6) is 0 Å². The summed E-state index contributed by atoms with van der Waals surface area (Å²) in [7, 11) is 1.99. The van der Waals surface area contributed by atoms with Crippen LogP contribution in [0.2, 0.25) is 0 Å². The lowest BCUT2D eigenvalue weighted by atomic mass is 10.1. The van der Waals surface area contributed by atoms with Gasteiger partial charge in [0, 0.05) is 42.5 Å². The van der Waals surface area contributed by atoms with E-state index >= 15 is 0 Å². The van der Waals surface area contributed by atoms with Gasteiger partial charge in [-0.3, -0.25) is 23.9 Å². The number of Topliss-reactive ketones (excluding diaryl/α,β-unsaturated/α-hetero) is 1. The van der Waals surface area contributed by atoms with Crippen molar-refractivity contribution in [1.82, 2.24) is 24.6 Å². The highest BCUT2D eigenvalue weighted by molar-refractivity contribution is 5.95. The Hall–Kier alpha value is -3.84. The number of rotatable bonds is 8. The summed E-state index contributed by atoms with van der Waals surface area (Å²) in [4.78, 5) is 35.0. The van der Waals surface area contributed by atoms with E-state index < -0.39 is 0 Å². The molecular weight excluding hydrogens is 402 g/mol. The van der Waals surface area contributed by atoms with Crippen LogP contribution in [0.15, 0.2) is 73.2 Å². The second-order valence-electron chi connectivity index (χ2n) is 7.75. The molecule has 0 radical (unpaired) electrons. The van der Waals surface area contributed by atoms with Crippen LogP contribution in [0, 0.1) is 0 Å². The number of carbonyl (C=O) groups is 2. The fraction of sp³-hybridized carbons (Fsp3) is 0.200. The van der Waals surface area contributed by atoms with Crippen molar-refractivity contribution in [3.8, 4) is 11.3 Å². The zero-order valence-electron chi connectivity index (χ0n) is 18.2. The van der Waals surface area contributed by atoms with Gasteiger partial charge in [0.1, 0.15) is 0 Å². The van der Waals surface area contributed by atoms with Crippen molar-refractivity contribution in [2.45, 2.75) is 13.5 Å². The molecular formula is C25H25N5O2. The van der Waals surface area contributed by atoms with Crippen molar-refractivity contribution in [3.05, 3.63) is 90.0 Å². The van der Waals surface area contributed by atoms with Gasteiger partial charge in [-0.1, -0.05) is 36.4 Å². The lowest BCUT2D eigenvalue weighted by Gasteiger charge is -2.17. The molecule has 2 aromatic carbocycles. The highest BCUT2D eigenvalue weighted by atomic mass is 16.1. The van der Waals surface area contributed by atoms with Crippen molar-refractivity contribution in [2.75, 3.05) is 20.1 Å². The minimum Gasteiger partial charge on any atom is -0.351 e. The summed E-state index contributed by atoms with van der Waals surface area (Å²) >= 11 is 0. The van der Waals surface area contributed by atoms with Gasteiger partial charge in [0.25, 0.3) is 5.91 Å². The summed E-state index contributed by atoms with van der Waals surface area (Å²) in [5.74, 6) is -0.0431. The maximum absolute atomic E-state index is 12.2. The van der Waals surface area contributed by atoms with Crippen molar-refractivity contribution in [2.24, 2.45) is 0 Å². The number of aromatic nitrogens is 3. The molecule has 7 nitrogen and oxygen atoms in total. The lowest BCUT2D eigenvalue weighted by Crippen LogP contribution is -2.32. The standard InChI is InChI=1S/C25H25N5O2/c1-18(31)20-9-6-10-21(13-20)23-14-28-24-15-27-22(17-30(23)24)16-29(2)12-11-26-25(32)19-7-4-3-5-8-19/h3-10,13-15,17H,11-12,16H2,1-2H3,(H,26,32). The molecule has 0 spiro atoms. The van der Waals surface area contributed by atoms with E-state index in [4.69, 9.17) is 0 Å². The Labute approximate surface area is 186 Å². The zero-order chi connectivity index (χ0) is 22.5. The highest BCUT2D eigenvalue weighted by Crippen LogP contribution is 2.22. The van der Waals surface area contributed by atoms with Gasteiger partial charge < -0.3 is 5.32 Å². The van der Waals surface area contributed by atoms with Crippen LogP contribution < -0.4 is 5.32 Å². The third kappa shape index (κ3) is 4.90. The van der Waals surface area contributed by atoms with Crippen LogP contribution in [0.1, 0.15) is 33.3 Å². The number of nitrogens with zero attached hydrogens (tertiary/aromatic N) is 4. The lowest BCUT2D eigenvalue weighted by molar-refractivity contribution is 0.0948. The first kappa shape index (κ1) is 21.4. The number of likely N-dealkylation sites (N-methyl/N-ethyl adjacent to an activating group) is 1. The molecule has 7 heteroatoms. The van der Waals surface area contributed by atoms with E-state index in [9.17, 15) is 9.59 Å². The Bertz CT molecular complexity index is 1250. The molecule has 0 unspecified atom stereocenters. The van der Waals surface area contributed by atoms with E-state index in [1.54, 1.807) is 31.5 Å². The van der Waals surface area contributed by atoms with Crippen LogP contribution in [-0.2, 0) is 6.54 Å². The Kier molecular flexibility index (Phi) is 6.37. The minimum absolute atomic E-state index is 0.0315. The van der Waals surface area contributed by atoms with Gasteiger partial charge in [-0.15, -0.1) is 0 Å². The summed E-state index contributed by atoms with van der Waals surface area (Å²) < 4.78 is 1.99. The number of hydrogen-bond acceptors (Lipinski definition) is 5. The van der Waals surface area contributed by atoms with Crippen LogP contribution in [-0.4, -0.2) is 51.1 Å². The summed E-state index contributed by atoms with van der Waals surface area (Å²) in [6.45, 7) is 3.42. The Morgan fingerprint density at radius 2 is 1.78 bits per heavy atom. The normalized spacial score (nSPS) is 11.1. The molecule has 162 valence electrons. The molecule has 0 aliphatic rings. The number of carbonyl (C=O) groups excluding carboxylic acids is 2. The third-order valence-corrected chi connectivity index (χ3v) is 5.26. The topological polar surface area (TPSA) is 79.6 Å². The first-order valence-corrected chi connectivity index (χ1v) is 10.5. The predicted molar refractivity (Wildman–Crippen MR) is 124 cm³/mol. The van der Waals surface area contributed by atoms with E-state index in [0.717, 1.165) is 22.6 Å². The molecule has 0 saturated heterocycles. The Balaban J connectivity index is 1.42. The fourth-order valence-corrected chi connectivity index (χ4v) is 3.53. The second kappa shape index (κ2) is 9.53. The van der Waals surface area contributed by atoms with Gasteiger partial charge >= 0.3 is 0 Å². The SMILES string of the molecule is CC(=O)c1cccc(-c2cnc3cnc(CN(C)CCNC(=O)c4ccccc4)cn23)c1. The molecule has 2 heterocycles. The van der Waals surface area contributed by atoms with Crippen LogP contribution in [0.4, 0.5) is 0 Å². The average molecular weight is 428 g/mol. The number of amides is 1. The molecule has 2 aromatic heterocycles. The van der Waals surface area contributed by atoms with E-state index in [1.807, 2.05) is 60.1 Å². The molecule has 0 aliphatic carbocycles. The number of nitrogens with one attached hydrogen (secondary N) is 1. The minimum atomic E-state index is -0.0746. The van der Waals surface area contributed by atoms with Gasteiger partial charge in [0.15, 0.2) is 11.4 Å². The van der Waals surface area contributed by atoms with Crippen molar-refractivity contribution >= 4 is 17.3 Å². The fourth-order valence-electron chi connectivity index (χ4n) is 3.53. The molecule has 1 N–H and O–H groups in total. The highest BCUT2D eigenvalue weighted by Gasteiger charge is 2.11. The summed E-state index contributed by atoms with van der Waals surface area (Å²) in [5, 5.41) is 2.94. The summed E-state index contributed by atoms with van der Waals surface area (Å²) in [5.41, 5.74) is 4.79. The van der Waals surface area contributed by atoms with Crippen molar-refractivity contribution in [3.63, 3.8) is 0 Å². The maximum atomic E-state index is 12.2. The quantitative estimate of drug-likeness (QED) is 0.436. The first-order chi connectivity index (χ1) is 15.5. The summed E-state index contributed by atoms with van der Waals surface area (Å²) in [6.07, 6.45) is 5.51. The van der Waals surface area contributed by atoms with Gasteiger partial charge in [-0.25, -0.2) is 4.98 Å². The van der Waals surface area contributed by atoms with Crippen LogP contribution >= 0.6 is 0 Å². The van der Waals surface area contributed by atoms with Gasteiger partial charge in [0.2, 0.25) is 0 Å². The van der Waals surface area contributed by atoms with E-state index in [1.165, 1.54) is 0 Å². The summed E-state index contributed by atoms with van der Waals surface area (Å²) in [6, 6.07) is 16.7. The van der Waals surface area contributed by atoms with Crippen LogP contribution in [0.3, 0.4) is 0 Å². The molecule has 4 aromatic rings. The largest absolute Gasteiger partial charge is 0.351 e. The number of fused-ring (bicyclic) bond motifs is 1. The van der Waals surface area contributed by atoms with Crippen LogP contribution in [0.25, 0.3) is 16.9 Å². The zero-order valence-corrected chi connectivity index (χ0v) is 18.2. The van der Waals surface area contributed by atoms with Gasteiger partial charge in [0.05, 0.1) is 23.8 Å². The number of hydrogen-bond donors (Lipinski definition) is 1. The smallest absolute Gasteiger partial charge is 0.251 e. The Morgan fingerprint density at radius 1 is 1.00 bits per heavy atom. The molecule has 32 heavy (non-hydrogen) atoms. The molecule has 0 atom stereocenters. The monoisotopic (exact) mass is 427 g/mol. The first-order valence-electron chi connectivity index (χ1n) is 10.5. The van der Waals surface area contributed by atoms with Gasteiger partial charge in [-0.2, -0.15) is 0 Å². The molecule has 4 rings (SSSR count). The van der Waals surface area contributed by atoms with Crippen molar-refractivity contribution < 1.29 is 9.59 Å². The average Bonchev–Trinajstić information content (AvgIpc) is 3.23. The van der Waals surface area contributed by atoms with Crippen molar-refractivity contribution in [1.29, 1.82) is 0 Å². The molecule has 0 fully saturated rings. The van der Waals surface area contributed by atoms with E-state index in [2.05, 4.69) is 20.2 Å². The molecule has 1 amide bonds. The molecule has 0 bridgehead atoms. The second-order valence-corrected chi connectivity index (χ2v) is 7.75.